The molecular formula is C18H35NO3. The first kappa shape index (κ1) is 18.2. The van der Waals surface area contributed by atoms with Crippen molar-refractivity contribution < 1.29 is 14.2 Å². The summed E-state index contributed by atoms with van der Waals surface area (Å²) in [4.78, 5) is 2.58. The Balaban J connectivity index is 1.85. The normalized spacial score (nSPS) is 30.5. The molecule has 4 nitrogen and oxygen atoms in total. The summed E-state index contributed by atoms with van der Waals surface area (Å²) in [5, 5.41) is 0. The van der Waals surface area contributed by atoms with Crippen molar-refractivity contribution in [2.75, 3.05) is 39.5 Å². The Labute approximate surface area is 136 Å². The number of ether oxygens (including phenoxy) is 3. The third-order valence-corrected chi connectivity index (χ3v) is 4.90. The van der Waals surface area contributed by atoms with Crippen LogP contribution in [0.1, 0.15) is 58.8 Å². The van der Waals surface area contributed by atoms with E-state index in [0.717, 1.165) is 58.8 Å². The molecule has 1 aliphatic heterocycles. The summed E-state index contributed by atoms with van der Waals surface area (Å²) >= 11 is 0. The number of rotatable bonds is 9. The lowest BCUT2D eigenvalue weighted by Crippen LogP contribution is -2.53. The fourth-order valence-corrected chi connectivity index (χ4v) is 3.49. The second kappa shape index (κ2) is 10.6. The van der Waals surface area contributed by atoms with Crippen LogP contribution >= 0.6 is 0 Å². The van der Waals surface area contributed by atoms with E-state index in [1.807, 2.05) is 0 Å². The summed E-state index contributed by atoms with van der Waals surface area (Å²) in [7, 11) is 0. The van der Waals surface area contributed by atoms with Gasteiger partial charge in [-0.2, -0.15) is 0 Å². The Kier molecular flexibility index (Phi) is 8.75. The maximum atomic E-state index is 6.23. The first-order chi connectivity index (χ1) is 10.8. The molecule has 1 saturated carbocycles. The maximum absolute atomic E-state index is 6.23. The van der Waals surface area contributed by atoms with Gasteiger partial charge in [0, 0.05) is 32.3 Å². The van der Waals surface area contributed by atoms with Crippen molar-refractivity contribution in [1.29, 1.82) is 0 Å². The Morgan fingerprint density at radius 2 is 1.64 bits per heavy atom. The van der Waals surface area contributed by atoms with Gasteiger partial charge in [-0.05, 0) is 32.1 Å². The van der Waals surface area contributed by atoms with Crippen LogP contribution in [0.3, 0.4) is 0 Å². The van der Waals surface area contributed by atoms with Crippen molar-refractivity contribution in [1.82, 2.24) is 4.90 Å². The zero-order valence-corrected chi connectivity index (χ0v) is 14.6. The zero-order valence-electron chi connectivity index (χ0n) is 14.6. The Morgan fingerprint density at radius 1 is 0.955 bits per heavy atom. The highest BCUT2D eigenvalue weighted by Crippen LogP contribution is 2.29. The van der Waals surface area contributed by atoms with E-state index in [2.05, 4.69) is 18.7 Å². The fourth-order valence-electron chi connectivity index (χ4n) is 3.49. The molecule has 0 aromatic rings. The predicted molar refractivity (Wildman–Crippen MR) is 89.3 cm³/mol. The van der Waals surface area contributed by atoms with E-state index >= 15 is 0 Å². The monoisotopic (exact) mass is 313 g/mol. The van der Waals surface area contributed by atoms with Crippen LogP contribution in [0.15, 0.2) is 0 Å². The van der Waals surface area contributed by atoms with Crippen molar-refractivity contribution in [3.63, 3.8) is 0 Å². The molecule has 2 rings (SSSR count). The van der Waals surface area contributed by atoms with Gasteiger partial charge in [0.05, 0.1) is 25.4 Å². The van der Waals surface area contributed by atoms with Crippen molar-refractivity contribution in [2.45, 2.75) is 77.0 Å². The molecule has 1 aliphatic carbocycles. The molecule has 0 N–H and O–H groups in total. The minimum Gasteiger partial charge on any atom is -0.379 e. The number of nitrogens with zero attached hydrogens (tertiary/aromatic N) is 1. The second-order valence-corrected chi connectivity index (χ2v) is 6.64. The third-order valence-electron chi connectivity index (χ3n) is 4.90. The van der Waals surface area contributed by atoms with Gasteiger partial charge in [-0.3, -0.25) is 4.90 Å². The first-order valence-corrected chi connectivity index (χ1v) is 9.40. The van der Waals surface area contributed by atoms with Gasteiger partial charge < -0.3 is 14.2 Å². The highest BCUT2D eigenvalue weighted by molar-refractivity contribution is 4.89. The lowest BCUT2D eigenvalue weighted by molar-refractivity contribution is -0.0988. The minimum absolute atomic E-state index is 0.385. The summed E-state index contributed by atoms with van der Waals surface area (Å²) in [5.74, 6) is 0. The van der Waals surface area contributed by atoms with Gasteiger partial charge in [-0.15, -0.1) is 0 Å². The van der Waals surface area contributed by atoms with Gasteiger partial charge in [-0.25, -0.2) is 0 Å². The largest absolute Gasteiger partial charge is 0.379 e. The topological polar surface area (TPSA) is 30.9 Å². The fraction of sp³-hybridized carbons (Fsp3) is 1.00. The van der Waals surface area contributed by atoms with E-state index in [1.54, 1.807) is 0 Å². The molecule has 0 aromatic heterocycles. The molecule has 2 aliphatic rings. The molecule has 22 heavy (non-hydrogen) atoms. The van der Waals surface area contributed by atoms with Crippen molar-refractivity contribution in [3.05, 3.63) is 0 Å². The summed E-state index contributed by atoms with van der Waals surface area (Å²) in [6, 6.07) is 0.515. The van der Waals surface area contributed by atoms with Crippen LogP contribution < -0.4 is 0 Å². The van der Waals surface area contributed by atoms with E-state index < -0.39 is 0 Å². The molecular weight excluding hydrogens is 278 g/mol. The summed E-state index contributed by atoms with van der Waals surface area (Å²) in [5.41, 5.74) is 0. The molecule has 1 heterocycles. The molecule has 0 amide bonds. The van der Waals surface area contributed by atoms with Crippen LogP contribution in [0.4, 0.5) is 0 Å². The third kappa shape index (κ3) is 5.80. The van der Waals surface area contributed by atoms with Gasteiger partial charge in [0.25, 0.3) is 0 Å². The van der Waals surface area contributed by atoms with Crippen LogP contribution in [0.25, 0.3) is 0 Å². The number of hydrogen-bond donors (Lipinski definition) is 0. The van der Waals surface area contributed by atoms with E-state index in [9.17, 15) is 0 Å². The maximum Gasteiger partial charge on any atom is 0.0732 e. The smallest absolute Gasteiger partial charge is 0.0732 e. The van der Waals surface area contributed by atoms with Crippen molar-refractivity contribution >= 4 is 0 Å². The Bertz CT molecular complexity index is 282. The van der Waals surface area contributed by atoms with Gasteiger partial charge in [0.1, 0.15) is 0 Å². The highest BCUT2D eigenvalue weighted by atomic mass is 16.5. The Hall–Kier alpha value is -0.160. The van der Waals surface area contributed by atoms with Crippen molar-refractivity contribution in [3.8, 4) is 0 Å². The summed E-state index contributed by atoms with van der Waals surface area (Å²) in [6.45, 7) is 10.1. The van der Waals surface area contributed by atoms with Crippen LogP contribution in [0.2, 0.25) is 0 Å². The van der Waals surface area contributed by atoms with Gasteiger partial charge in [0.15, 0.2) is 0 Å². The number of hydrogen-bond acceptors (Lipinski definition) is 4. The van der Waals surface area contributed by atoms with E-state index in [0.29, 0.717) is 18.2 Å². The lowest BCUT2D eigenvalue weighted by atomic mass is 9.88. The molecule has 2 fully saturated rings. The molecule has 3 atom stereocenters. The average molecular weight is 313 g/mol. The molecule has 0 bridgehead atoms. The number of unbranched alkanes of at least 4 members (excludes halogenated alkanes) is 2. The summed E-state index contributed by atoms with van der Waals surface area (Å²) < 4.78 is 17.8. The second-order valence-electron chi connectivity index (χ2n) is 6.64. The van der Waals surface area contributed by atoms with Crippen LogP contribution in [-0.2, 0) is 14.2 Å². The molecule has 130 valence electrons. The van der Waals surface area contributed by atoms with Crippen LogP contribution in [-0.4, -0.2) is 62.7 Å². The van der Waals surface area contributed by atoms with Crippen LogP contribution in [0.5, 0.6) is 0 Å². The van der Waals surface area contributed by atoms with Gasteiger partial charge in [0.2, 0.25) is 0 Å². The molecule has 1 saturated heterocycles. The Morgan fingerprint density at radius 3 is 2.32 bits per heavy atom. The van der Waals surface area contributed by atoms with Crippen LogP contribution in [0, 0.1) is 0 Å². The molecule has 0 aromatic carbocycles. The molecule has 0 spiro atoms. The zero-order chi connectivity index (χ0) is 15.6. The predicted octanol–water partition coefficient (Wildman–Crippen LogP) is 3.24. The quantitative estimate of drug-likeness (QED) is 0.612. The SMILES string of the molecule is CCCCOC1CCC(OCCCC)C(N2CCOCC2)C1. The molecule has 0 radical (unpaired) electrons. The van der Waals surface area contributed by atoms with E-state index in [-0.39, 0.29) is 0 Å². The van der Waals surface area contributed by atoms with E-state index in [4.69, 9.17) is 14.2 Å². The highest BCUT2D eigenvalue weighted by Gasteiger charge is 2.36. The standard InChI is InChI=1S/C18H35NO3/c1-3-5-11-21-16-7-8-18(22-12-6-4-2)17(15-16)19-9-13-20-14-10-19/h16-18H,3-15H2,1-2H3. The molecule has 3 unspecified atom stereocenters. The minimum atomic E-state index is 0.385. The van der Waals surface area contributed by atoms with Gasteiger partial charge in [-0.1, -0.05) is 26.7 Å². The molecule has 4 heteroatoms. The van der Waals surface area contributed by atoms with E-state index in [1.165, 1.54) is 25.7 Å². The average Bonchev–Trinajstić information content (AvgIpc) is 2.57. The summed E-state index contributed by atoms with van der Waals surface area (Å²) in [6.07, 6.45) is 8.99. The lowest BCUT2D eigenvalue weighted by Gasteiger charge is -2.43. The first-order valence-electron chi connectivity index (χ1n) is 9.40. The van der Waals surface area contributed by atoms with Crippen molar-refractivity contribution in [2.24, 2.45) is 0 Å². The van der Waals surface area contributed by atoms with Gasteiger partial charge >= 0.3 is 0 Å². The number of morpholine rings is 1.